The minimum atomic E-state index is -0.579. The summed E-state index contributed by atoms with van der Waals surface area (Å²) in [5, 5.41) is 13.6. The summed E-state index contributed by atoms with van der Waals surface area (Å²) in [4.78, 5) is 22.1. The van der Waals surface area contributed by atoms with E-state index in [1.165, 1.54) is 43.9 Å². The average molecular weight is 277 g/mol. The van der Waals surface area contributed by atoms with Crippen LogP contribution in [0.4, 0.5) is 11.4 Å². The van der Waals surface area contributed by atoms with Crippen molar-refractivity contribution in [2.24, 2.45) is 5.92 Å². The maximum Gasteiger partial charge on any atom is 0.292 e. The second kappa shape index (κ2) is 6.36. The molecule has 1 aromatic carbocycles. The molecule has 0 spiro atoms. The van der Waals surface area contributed by atoms with Crippen molar-refractivity contribution in [2.45, 2.75) is 32.1 Å². The number of amides is 1. The molecule has 108 valence electrons. The third-order valence-corrected chi connectivity index (χ3v) is 3.80. The number of carbonyl (C=O) groups excluding carboxylic acids is 1. The van der Waals surface area contributed by atoms with Crippen molar-refractivity contribution in [3.63, 3.8) is 0 Å². The number of nitrogens with one attached hydrogen (secondary N) is 1. The van der Waals surface area contributed by atoms with Crippen molar-refractivity contribution in [3.8, 4) is 0 Å². The van der Waals surface area contributed by atoms with Gasteiger partial charge in [0.2, 0.25) is 0 Å². The molecule has 0 aromatic heterocycles. The molecule has 0 heterocycles. The number of nitrogens with two attached hydrogens (primary N) is 1. The molecular formula is C14H19N3O3. The quantitative estimate of drug-likeness (QED) is 0.490. The van der Waals surface area contributed by atoms with E-state index in [0.29, 0.717) is 12.5 Å². The highest BCUT2D eigenvalue weighted by Crippen LogP contribution is 2.27. The predicted octanol–water partition coefficient (Wildman–Crippen LogP) is 2.49. The molecule has 2 rings (SSSR count). The van der Waals surface area contributed by atoms with E-state index < -0.39 is 4.92 Å². The molecule has 0 radical (unpaired) electrons. The van der Waals surface area contributed by atoms with Crippen LogP contribution in [0.1, 0.15) is 42.5 Å². The molecule has 0 aliphatic heterocycles. The number of rotatable bonds is 5. The Labute approximate surface area is 117 Å². The van der Waals surface area contributed by atoms with Gasteiger partial charge < -0.3 is 11.1 Å². The summed E-state index contributed by atoms with van der Waals surface area (Å²) in [7, 11) is 0. The molecule has 20 heavy (non-hydrogen) atoms. The van der Waals surface area contributed by atoms with Crippen molar-refractivity contribution in [1.82, 2.24) is 5.32 Å². The minimum Gasteiger partial charge on any atom is -0.393 e. The first-order valence-corrected chi connectivity index (χ1v) is 6.90. The maximum absolute atomic E-state index is 11.9. The van der Waals surface area contributed by atoms with Crippen LogP contribution >= 0.6 is 0 Å². The molecule has 0 atom stereocenters. The van der Waals surface area contributed by atoms with E-state index in [9.17, 15) is 14.9 Å². The Bertz CT molecular complexity index is 510. The molecule has 1 aliphatic rings. The highest BCUT2D eigenvalue weighted by Gasteiger charge is 2.17. The molecular weight excluding hydrogens is 258 g/mol. The summed E-state index contributed by atoms with van der Waals surface area (Å²) in [6.45, 7) is 0.613. The van der Waals surface area contributed by atoms with Crippen LogP contribution in [0.15, 0.2) is 18.2 Å². The number of anilines is 1. The molecule has 1 aromatic rings. The number of benzene rings is 1. The summed E-state index contributed by atoms with van der Waals surface area (Å²) < 4.78 is 0. The molecule has 6 heteroatoms. The molecule has 1 amide bonds. The van der Waals surface area contributed by atoms with Gasteiger partial charge in [0.1, 0.15) is 5.69 Å². The van der Waals surface area contributed by atoms with E-state index in [4.69, 9.17) is 5.73 Å². The van der Waals surface area contributed by atoms with Gasteiger partial charge in [-0.05, 0) is 24.5 Å². The lowest BCUT2D eigenvalue weighted by Gasteiger charge is -2.10. The smallest absolute Gasteiger partial charge is 0.292 e. The Hall–Kier alpha value is -2.11. The standard InChI is InChI=1S/C14H19N3O3/c15-12-6-5-11(9-13(12)17(19)20)14(18)16-8-7-10-3-1-2-4-10/h5-6,9-10H,1-4,7-8,15H2,(H,16,18). The number of carbonyl (C=O) groups is 1. The van der Waals surface area contributed by atoms with Gasteiger partial charge in [-0.1, -0.05) is 25.7 Å². The number of nitrogen functional groups attached to an aromatic ring is 1. The maximum atomic E-state index is 11.9. The number of nitro groups is 1. The van der Waals surface area contributed by atoms with Crippen molar-refractivity contribution >= 4 is 17.3 Å². The van der Waals surface area contributed by atoms with Crippen LogP contribution in [-0.4, -0.2) is 17.4 Å². The molecule has 1 saturated carbocycles. The lowest BCUT2D eigenvalue weighted by Crippen LogP contribution is -2.25. The second-order valence-electron chi connectivity index (χ2n) is 5.23. The minimum absolute atomic E-state index is 0.0671. The first kappa shape index (κ1) is 14.3. The van der Waals surface area contributed by atoms with Gasteiger partial charge in [-0.3, -0.25) is 14.9 Å². The van der Waals surface area contributed by atoms with Crippen LogP contribution in [0.3, 0.4) is 0 Å². The van der Waals surface area contributed by atoms with Crippen LogP contribution in [0, 0.1) is 16.0 Å². The van der Waals surface area contributed by atoms with Gasteiger partial charge in [0.25, 0.3) is 11.6 Å². The van der Waals surface area contributed by atoms with Gasteiger partial charge in [-0.25, -0.2) is 0 Å². The van der Waals surface area contributed by atoms with Crippen molar-refractivity contribution in [2.75, 3.05) is 12.3 Å². The number of nitro benzene ring substituents is 1. The molecule has 0 bridgehead atoms. The first-order chi connectivity index (χ1) is 9.58. The zero-order valence-electron chi connectivity index (χ0n) is 11.3. The highest BCUT2D eigenvalue weighted by molar-refractivity contribution is 5.95. The zero-order chi connectivity index (χ0) is 14.5. The summed E-state index contributed by atoms with van der Waals surface area (Å²) in [6, 6.07) is 4.12. The summed E-state index contributed by atoms with van der Waals surface area (Å²) >= 11 is 0. The van der Waals surface area contributed by atoms with Crippen molar-refractivity contribution in [3.05, 3.63) is 33.9 Å². The Balaban J connectivity index is 1.91. The Kier molecular flexibility index (Phi) is 4.55. The Morgan fingerprint density at radius 2 is 2.10 bits per heavy atom. The highest BCUT2D eigenvalue weighted by atomic mass is 16.6. The summed E-state index contributed by atoms with van der Waals surface area (Å²) in [5.41, 5.74) is 5.61. The van der Waals surface area contributed by atoms with Gasteiger partial charge in [0, 0.05) is 18.2 Å². The van der Waals surface area contributed by atoms with Gasteiger partial charge in [0.05, 0.1) is 4.92 Å². The zero-order valence-corrected chi connectivity index (χ0v) is 11.3. The lowest BCUT2D eigenvalue weighted by molar-refractivity contribution is -0.383. The van der Waals surface area contributed by atoms with E-state index in [2.05, 4.69) is 5.32 Å². The monoisotopic (exact) mass is 277 g/mol. The molecule has 0 saturated heterocycles. The average Bonchev–Trinajstić information content (AvgIpc) is 2.92. The third-order valence-electron chi connectivity index (χ3n) is 3.80. The van der Waals surface area contributed by atoms with Crippen LogP contribution in [0.5, 0.6) is 0 Å². The predicted molar refractivity (Wildman–Crippen MR) is 76.4 cm³/mol. The summed E-state index contributed by atoms with van der Waals surface area (Å²) in [5.74, 6) is 0.419. The van der Waals surface area contributed by atoms with E-state index in [-0.39, 0.29) is 22.8 Å². The Morgan fingerprint density at radius 3 is 2.75 bits per heavy atom. The third kappa shape index (κ3) is 3.46. The van der Waals surface area contributed by atoms with Crippen molar-refractivity contribution in [1.29, 1.82) is 0 Å². The van der Waals surface area contributed by atoms with E-state index >= 15 is 0 Å². The van der Waals surface area contributed by atoms with Crippen LogP contribution in [-0.2, 0) is 0 Å². The van der Waals surface area contributed by atoms with E-state index in [1.54, 1.807) is 0 Å². The number of nitrogens with zero attached hydrogens (tertiary/aromatic N) is 1. The van der Waals surface area contributed by atoms with E-state index in [0.717, 1.165) is 6.42 Å². The molecule has 1 fully saturated rings. The molecule has 1 aliphatic carbocycles. The SMILES string of the molecule is Nc1ccc(C(=O)NCCC2CCCC2)cc1[N+](=O)[O-]. The first-order valence-electron chi connectivity index (χ1n) is 6.90. The van der Waals surface area contributed by atoms with Crippen LogP contribution in [0.25, 0.3) is 0 Å². The largest absolute Gasteiger partial charge is 0.393 e. The number of hydrogen-bond donors (Lipinski definition) is 2. The number of hydrogen-bond acceptors (Lipinski definition) is 4. The van der Waals surface area contributed by atoms with Gasteiger partial charge in [-0.15, -0.1) is 0 Å². The normalized spacial score (nSPS) is 15.2. The Morgan fingerprint density at radius 1 is 1.40 bits per heavy atom. The lowest BCUT2D eigenvalue weighted by atomic mass is 10.0. The second-order valence-corrected chi connectivity index (χ2v) is 5.23. The molecule has 0 unspecified atom stereocenters. The fourth-order valence-electron chi connectivity index (χ4n) is 2.63. The van der Waals surface area contributed by atoms with Crippen LogP contribution < -0.4 is 11.1 Å². The summed E-state index contributed by atoms with van der Waals surface area (Å²) in [6.07, 6.45) is 6.01. The fraction of sp³-hybridized carbons (Fsp3) is 0.500. The molecule has 3 N–H and O–H groups in total. The van der Waals surface area contributed by atoms with Gasteiger partial charge >= 0.3 is 0 Å². The van der Waals surface area contributed by atoms with Gasteiger partial charge in [0.15, 0.2) is 0 Å². The van der Waals surface area contributed by atoms with E-state index in [1.807, 2.05) is 0 Å². The topological polar surface area (TPSA) is 98.3 Å². The fourth-order valence-corrected chi connectivity index (χ4v) is 2.63. The van der Waals surface area contributed by atoms with Crippen LogP contribution in [0.2, 0.25) is 0 Å². The van der Waals surface area contributed by atoms with Gasteiger partial charge in [-0.2, -0.15) is 0 Å². The molecule has 6 nitrogen and oxygen atoms in total. The van der Waals surface area contributed by atoms with Crippen molar-refractivity contribution < 1.29 is 9.72 Å².